The maximum absolute atomic E-state index is 12.8. The third-order valence-electron chi connectivity index (χ3n) is 3.71. The zero-order valence-electron chi connectivity index (χ0n) is 15.4. The largest absolute Gasteiger partial charge is 0.495 e. The molecule has 10 heteroatoms. The van der Waals surface area contributed by atoms with Gasteiger partial charge in [-0.15, -0.1) is 0 Å². The summed E-state index contributed by atoms with van der Waals surface area (Å²) in [5.74, 6) is -1.17. The number of nitrogens with one attached hydrogen (secondary N) is 2. The molecule has 0 aliphatic carbocycles. The van der Waals surface area contributed by atoms with E-state index in [1.807, 2.05) is 0 Å². The first-order valence-electron chi connectivity index (χ1n) is 8.03. The zero-order chi connectivity index (χ0) is 20.9. The molecule has 8 nitrogen and oxygen atoms in total. The quantitative estimate of drug-likeness (QED) is 0.601. The van der Waals surface area contributed by atoms with Gasteiger partial charge < -0.3 is 14.8 Å². The topological polar surface area (TPSA) is 111 Å². The fraction of sp³-hybridized carbons (Fsp3) is 0.222. The molecule has 28 heavy (non-hydrogen) atoms. The highest BCUT2D eigenvalue weighted by molar-refractivity contribution is 9.10. The van der Waals surface area contributed by atoms with E-state index in [0.717, 1.165) is 4.47 Å². The van der Waals surface area contributed by atoms with E-state index in [0.29, 0.717) is 5.69 Å². The summed E-state index contributed by atoms with van der Waals surface area (Å²) >= 11 is 3.28. The fourth-order valence-electron chi connectivity index (χ4n) is 2.27. The van der Waals surface area contributed by atoms with Crippen LogP contribution in [0.3, 0.4) is 0 Å². The number of amides is 1. The van der Waals surface area contributed by atoms with Crippen LogP contribution in [0.25, 0.3) is 0 Å². The molecule has 2 aromatic rings. The normalized spacial score (nSPS) is 12.0. The van der Waals surface area contributed by atoms with Gasteiger partial charge in [0.2, 0.25) is 0 Å². The molecule has 2 rings (SSSR count). The van der Waals surface area contributed by atoms with Gasteiger partial charge in [0.05, 0.1) is 14.2 Å². The van der Waals surface area contributed by atoms with Gasteiger partial charge in [-0.1, -0.05) is 15.9 Å². The van der Waals surface area contributed by atoms with Crippen LogP contribution in [0.4, 0.5) is 5.69 Å². The van der Waals surface area contributed by atoms with E-state index in [4.69, 9.17) is 4.74 Å². The second kappa shape index (κ2) is 9.07. The van der Waals surface area contributed by atoms with E-state index >= 15 is 0 Å². The summed E-state index contributed by atoms with van der Waals surface area (Å²) in [4.78, 5) is 23.6. The first kappa shape index (κ1) is 21.7. The number of carbonyl (C=O) groups excluding carboxylic acids is 2. The predicted octanol–water partition coefficient (Wildman–Crippen LogP) is 2.55. The summed E-state index contributed by atoms with van der Waals surface area (Å²) in [6.07, 6.45) is 0. The molecule has 0 heterocycles. The molecular formula is C18H19BrN2O6S. The number of methoxy groups -OCH3 is 2. The van der Waals surface area contributed by atoms with Gasteiger partial charge in [-0.05, 0) is 49.4 Å². The average molecular weight is 471 g/mol. The number of sulfonamides is 1. The lowest BCUT2D eigenvalue weighted by Crippen LogP contribution is -2.39. The fourth-order valence-corrected chi connectivity index (χ4v) is 3.79. The Labute approximate surface area is 171 Å². The second-order valence-electron chi connectivity index (χ2n) is 5.70. The van der Waals surface area contributed by atoms with Crippen LogP contribution in [-0.4, -0.2) is 40.6 Å². The first-order valence-corrected chi connectivity index (χ1v) is 10.3. The molecule has 1 amide bonds. The van der Waals surface area contributed by atoms with Gasteiger partial charge in [-0.25, -0.2) is 13.2 Å². The minimum atomic E-state index is -4.04. The molecule has 0 aliphatic rings. The molecule has 0 radical (unpaired) electrons. The van der Waals surface area contributed by atoms with Crippen LogP contribution < -0.4 is 14.8 Å². The number of halogens is 1. The standard InChI is InChI=1S/C18H19BrN2O6S/c1-11(18(23)27-3)20-17(22)12-4-9-15(26-2)16(10-12)28(24,25)21-14-7-5-13(19)6-8-14/h4-11,21H,1-3H3,(H,20,22)/t11-/m0/s1. The van der Waals surface area contributed by atoms with Gasteiger partial charge in [0.25, 0.3) is 15.9 Å². The number of rotatable bonds is 7. The summed E-state index contributed by atoms with van der Waals surface area (Å²) in [5, 5.41) is 2.44. The maximum Gasteiger partial charge on any atom is 0.328 e. The smallest absolute Gasteiger partial charge is 0.328 e. The Kier molecular flexibility index (Phi) is 7.03. The summed E-state index contributed by atoms with van der Waals surface area (Å²) in [7, 11) is -1.50. The van der Waals surface area contributed by atoms with Crippen LogP contribution >= 0.6 is 15.9 Å². The molecule has 2 N–H and O–H groups in total. The van der Waals surface area contributed by atoms with Crippen LogP contribution in [0.5, 0.6) is 5.75 Å². The Hall–Kier alpha value is -2.59. The highest BCUT2D eigenvalue weighted by Gasteiger charge is 2.23. The van der Waals surface area contributed by atoms with Crippen molar-refractivity contribution in [3.8, 4) is 5.75 Å². The molecular weight excluding hydrogens is 452 g/mol. The predicted molar refractivity (Wildman–Crippen MR) is 107 cm³/mol. The molecule has 0 aliphatic heterocycles. The lowest BCUT2D eigenvalue weighted by atomic mass is 10.2. The molecule has 0 unspecified atom stereocenters. The lowest BCUT2D eigenvalue weighted by molar-refractivity contribution is -0.142. The van der Waals surface area contributed by atoms with Crippen LogP contribution in [-0.2, 0) is 19.6 Å². The summed E-state index contributed by atoms with van der Waals surface area (Å²) in [6, 6.07) is 9.61. The molecule has 0 aromatic heterocycles. The van der Waals surface area contributed by atoms with Crippen molar-refractivity contribution in [2.75, 3.05) is 18.9 Å². The molecule has 1 atom stereocenters. The summed E-state index contributed by atoms with van der Waals surface area (Å²) < 4.78 is 38.5. The molecule has 0 fully saturated rings. The number of hydrogen-bond donors (Lipinski definition) is 2. The van der Waals surface area contributed by atoms with Gasteiger partial charge >= 0.3 is 5.97 Å². The van der Waals surface area contributed by atoms with Gasteiger partial charge in [-0.2, -0.15) is 0 Å². The van der Waals surface area contributed by atoms with Crippen molar-refractivity contribution in [2.45, 2.75) is 17.9 Å². The van der Waals surface area contributed by atoms with Crippen molar-refractivity contribution in [1.29, 1.82) is 0 Å². The van der Waals surface area contributed by atoms with E-state index in [2.05, 4.69) is 30.7 Å². The van der Waals surface area contributed by atoms with Gasteiger partial charge in [-0.3, -0.25) is 9.52 Å². The SMILES string of the molecule is COC(=O)[C@H](C)NC(=O)c1ccc(OC)c(S(=O)(=O)Nc2ccc(Br)cc2)c1. The van der Waals surface area contributed by atoms with Crippen LogP contribution in [0.15, 0.2) is 51.8 Å². The van der Waals surface area contributed by atoms with E-state index < -0.39 is 27.9 Å². The molecule has 0 spiro atoms. The van der Waals surface area contributed by atoms with Crippen molar-refractivity contribution < 1.29 is 27.5 Å². The van der Waals surface area contributed by atoms with Crippen LogP contribution in [0.2, 0.25) is 0 Å². The molecule has 2 aromatic carbocycles. The van der Waals surface area contributed by atoms with Gasteiger partial charge in [0.15, 0.2) is 0 Å². The van der Waals surface area contributed by atoms with Gasteiger partial charge in [0, 0.05) is 15.7 Å². The molecule has 150 valence electrons. The molecule has 0 saturated carbocycles. The second-order valence-corrected chi connectivity index (χ2v) is 8.26. The minimum Gasteiger partial charge on any atom is -0.495 e. The first-order chi connectivity index (χ1) is 13.2. The third-order valence-corrected chi connectivity index (χ3v) is 5.65. The van der Waals surface area contributed by atoms with E-state index in [1.54, 1.807) is 24.3 Å². The van der Waals surface area contributed by atoms with Crippen molar-refractivity contribution in [3.05, 3.63) is 52.5 Å². The highest BCUT2D eigenvalue weighted by Crippen LogP contribution is 2.27. The number of benzene rings is 2. The number of anilines is 1. The number of carbonyl (C=O) groups is 2. The van der Waals surface area contributed by atoms with E-state index in [-0.39, 0.29) is 16.2 Å². The lowest BCUT2D eigenvalue weighted by Gasteiger charge is -2.15. The van der Waals surface area contributed by atoms with Crippen LogP contribution in [0.1, 0.15) is 17.3 Å². The minimum absolute atomic E-state index is 0.0488. The van der Waals surface area contributed by atoms with Crippen molar-refractivity contribution in [2.24, 2.45) is 0 Å². The van der Waals surface area contributed by atoms with Crippen molar-refractivity contribution in [3.63, 3.8) is 0 Å². The van der Waals surface area contributed by atoms with E-state index in [9.17, 15) is 18.0 Å². The van der Waals surface area contributed by atoms with E-state index in [1.165, 1.54) is 39.3 Å². The maximum atomic E-state index is 12.8. The van der Waals surface area contributed by atoms with Crippen molar-refractivity contribution >= 4 is 43.5 Å². The summed E-state index contributed by atoms with van der Waals surface area (Å²) in [5.41, 5.74) is 0.396. The average Bonchev–Trinajstić information content (AvgIpc) is 2.68. The Morgan fingerprint density at radius 2 is 1.71 bits per heavy atom. The Bertz CT molecular complexity index is 976. The number of ether oxygens (including phenoxy) is 2. The third kappa shape index (κ3) is 5.23. The Morgan fingerprint density at radius 3 is 2.29 bits per heavy atom. The number of hydrogen-bond acceptors (Lipinski definition) is 6. The molecule has 0 bridgehead atoms. The summed E-state index contributed by atoms with van der Waals surface area (Å²) in [6.45, 7) is 1.46. The number of esters is 1. The van der Waals surface area contributed by atoms with Crippen molar-refractivity contribution in [1.82, 2.24) is 5.32 Å². The molecule has 0 saturated heterocycles. The zero-order valence-corrected chi connectivity index (χ0v) is 17.8. The monoisotopic (exact) mass is 470 g/mol. The van der Waals surface area contributed by atoms with Gasteiger partial charge in [0.1, 0.15) is 16.7 Å². The Morgan fingerprint density at radius 1 is 1.07 bits per heavy atom. The Balaban J connectivity index is 2.34. The highest BCUT2D eigenvalue weighted by atomic mass is 79.9. The van der Waals surface area contributed by atoms with Crippen LogP contribution in [0, 0.1) is 0 Å².